The van der Waals surface area contributed by atoms with Gasteiger partial charge >= 0.3 is 0 Å². The van der Waals surface area contributed by atoms with Gasteiger partial charge in [-0.15, -0.1) is 0 Å². The third-order valence-electron chi connectivity index (χ3n) is 3.26. The molecule has 0 spiro atoms. The van der Waals surface area contributed by atoms with Gasteiger partial charge in [0, 0.05) is 0 Å². The van der Waals surface area contributed by atoms with Crippen LogP contribution in [0.3, 0.4) is 0 Å². The van der Waals surface area contributed by atoms with Gasteiger partial charge < -0.3 is 0 Å². The molecule has 1 aliphatic carbocycles. The van der Waals surface area contributed by atoms with E-state index in [2.05, 4.69) is 38.1 Å². The summed E-state index contributed by atoms with van der Waals surface area (Å²) in [6, 6.07) is 8.88. The minimum atomic E-state index is 0.784. The van der Waals surface area contributed by atoms with Gasteiger partial charge in [0.05, 0.1) is 0 Å². The summed E-state index contributed by atoms with van der Waals surface area (Å²) in [6.07, 6.45) is 2.61. The summed E-state index contributed by atoms with van der Waals surface area (Å²) in [4.78, 5) is 0. The van der Waals surface area contributed by atoms with Crippen molar-refractivity contribution < 1.29 is 0 Å². The molecule has 0 nitrogen and oxygen atoms in total. The molecule has 0 unspecified atom stereocenters. The lowest BCUT2D eigenvalue weighted by Crippen LogP contribution is -2.01. The maximum absolute atomic E-state index is 2.36. The van der Waals surface area contributed by atoms with Gasteiger partial charge in [-0.25, -0.2) is 0 Å². The minimum Gasteiger partial charge on any atom is -0.0651 e. The SMILES string of the molecule is CC[C@H]1Cc2ccccc2[C@H]1C. The van der Waals surface area contributed by atoms with Crippen LogP contribution in [0.5, 0.6) is 0 Å². The smallest absolute Gasteiger partial charge is 0.0156 e. The molecule has 1 aliphatic rings. The third-order valence-corrected chi connectivity index (χ3v) is 3.26. The zero-order valence-electron chi connectivity index (χ0n) is 7.88. The van der Waals surface area contributed by atoms with Gasteiger partial charge in [-0.2, -0.15) is 0 Å². The van der Waals surface area contributed by atoms with Crippen molar-refractivity contribution in [1.29, 1.82) is 0 Å². The molecule has 0 saturated heterocycles. The summed E-state index contributed by atoms with van der Waals surface area (Å²) < 4.78 is 0. The zero-order chi connectivity index (χ0) is 8.55. The standard InChI is InChI=1S/C12H16/c1-3-10-8-11-6-4-5-7-12(11)9(10)2/h4-7,9-10H,3,8H2,1-2H3/t9-,10-/m0/s1. The monoisotopic (exact) mass is 160 g/mol. The summed E-state index contributed by atoms with van der Waals surface area (Å²) in [5.41, 5.74) is 3.17. The second-order valence-corrected chi connectivity index (χ2v) is 3.86. The number of hydrogen-bond donors (Lipinski definition) is 0. The number of rotatable bonds is 1. The van der Waals surface area contributed by atoms with Crippen LogP contribution in [0.15, 0.2) is 24.3 Å². The average molecular weight is 160 g/mol. The molecule has 2 rings (SSSR count). The fraction of sp³-hybridized carbons (Fsp3) is 0.500. The molecule has 2 atom stereocenters. The second kappa shape index (κ2) is 2.93. The lowest BCUT2D eigenvalue weighted by Gasteiger charge is -2.12. The van der Waals surface area contributed by atoms with Crippen molar-refractivity contribution in [2.24, 2.45) is 5.92 Å². The van der Waals surface area contributed by atoms with Crippen molar-refractivity contribution in [2.75, 3.05) is 0 Å². The van der Waals surface area contributed by atoms with Crippen molar-refractivity contribution >= 4 is 0 Å². The molecule has 0 amide bonds. The molecule has 0 saturated carbocycles. The Balaban J connectivity index is 2.35. The van der Waals surface area contributed by atoms with Crippen molar-refractivity contribution in [2.45, 2.75) is 32.6 Å². The molecule has 0 heterocycles. The molecule has 0 aliphatic heterocycles. The molecule has 0 heteroatoms. The molecular formula is C12H16. The van der Waals surface area contributed by atoms with Gasteiger partial charge in [-0.1, -0.05) is 44.5 Å². The normalized spacial score (nSPS) is 27.2. The van der Waals surface area contributed by atoms with Gasteiger partial charge in [0.1, 0.15) is 0 Å². The lowest BCUT2D eigenvalue weighted by atomic mass is 9.93. The summed E-state index contributed by atoms with van der Waals surface area (Å²) in [5.74, 6) is 1.67. The van der Waals surface area contributed by atoms with Crippen LogP contribution in [0, 0.1) is 5.92 Å². The Kier molecular flexibility index (Phi) is 1.92. The fourth-order valence-electron chi connectivity index (χ4n) is 2.38. The Morgan fingerprint density at radius 2 is 2.08 bits per heavy atom. The van der Waals surface area contributed by atoms with Crippen LogP contribution in [0.25, 0.3) is 0 Å². The van der Waals surface area contributed by atoms with E-state index in [-0.39, 0.29) is 0 Å². The Morgan fingerprint density at radius 1 is 1.33 bits per heavy atom. The van der Waals surface area contributed by atoms with E-state index in [0.717, 1.165) is 11.8 Å². The third kappa shape index (κ3) is 1.06. The number of fused-ring (bicyclic) bond motifs is 1. The molecule has 1 aromatic rings. The van der Waals surface area contributed by atoms with Crippen LogP contribution >= 0.6 is 0 Å². The highest BCUT2D eigenvalue weighted by Gasteiger charge is 2.26. The molecule has 1 aromatic carbocycles. The van der Waals surface area contributed by atoms with Crippen molar-refractivity contribution in [3.05, 3.63) is 35.4 Å². The van der Waals surface area contributed by atoms with Gasteiger partial charge in [-0.05, 0) is 29.4 Å². The highest BCUT2D eigenvalue weighted by Crippen LogP contribution is 2.38. The van der Waals surface area contributed by atoms with Gasteiger partial charge in [0.2, 0.25) is 0 Å². The Bertz CT molecular complexity index is 275. The Hall–Kier alpha value is -0.780. The summed E-state index contributed by atoms with van der Waals surface area (Å²) in [5, 5.41) is 0. The predicted molar refractivity (Wildman–Crippen MR) is 52.3 cm³/mol. The topological polar surface area (TPSA) is 0 Å². The fourth-order valence-corrected chi connectivity index (χ4v) is 2.38. The summed E-state index contributed by atoms with van der Waals surface area (Å²) >= 11 is 0. The molecule has 64 valence electrons. The molecular weight excluding hydrogens is 144 g/mol. The molecule has 0 fully saturated rings. The average Bonchev–Trinajstić information content (AvgIpc) is 2.44. The van der Waals surface area contributed by atoms with E-state index in [0.29, 0.717) is 0 Å². The first-order valence-electron chi connectivity index (χ1n) is 4.90. The first kappa shape index (κ1) is 7.85. The van der Waals surface area contributed by atoms with E-state index < -0.39 is 0 Å². The van der Waals surface area contributed by atoms with Crippen molar-refractivity contribution in [1.82, 2.24) is 0 Å². The largest absolute Gasteiger partial charge is 0.0651 e. The van der Waals surface area contributed by atoms with Gasteiger partial charge in [0.15, 0.2) is 0 Å². The minimum absolute atomic E-state index is 0.784. The molecule has 0 bridgehead atoms. The maximum Gasteiger partial charge on any atom is -0.0156 e. The molecule has 0 aromatic heterocycles. The van der Waals surface area contributed by atoms with Gasteiger partial charge in [-0.3, -0.25) is 0 Å². The van der Waals surface area contributed by atoms with Crippen molar-refractivity contribution in [3.63, 3.8) is 0 Å². The summed E-state index contributed by atoms with van der Waals surface area (Å²) in [7, 11) is 0. The predicted octanol–water partition coefficient (Wildman–Crippen LogP) is 3.37. The van der Waals surface area contributed by atoms with Crippen LogP contribution in [0.1, 0.15) is 37.3 Å². The summed E-state index contributed by atoms with van der Waals surface area (Å²) in [6.45, 7) is 4.66. The quantitative estimate of drug-likeness (QED) is 0.591. The van der Waals surface area contributed by atoms with Crippen LogP contribution in [-0.4, -0.2) is 0 Å². The highest BCUT2D eigenvalue weighted by atomic mass is 14.3. The first-order chi connectivity index (χ1) is 5.83. The molecule has 0 radical (unpaired) electrons. The van der Waals surface area contributed by atoms with E-state index in [1.165, 1.54) is 12.8 Å². The van der Waals surface area contributed by atoms with Crippen LogP contribution in [0.2, 0.25) is 0 Å². The van der Waals surface area contributed by atoms with E-state index in [1.807, 2.05) is 0 Å². The number of benzene rings is 1. The van der Waals surface area contributed by atoms with Crippen molar-refractivity contribution in [3.8, 4) is 0 Å². The van der Waals surface area contributed by atoms with Gasteiger partial charge in [0.25, 0.3) is 0 Å². The number of hydrogen-bond acceptors (Lipinski definition) is 0. The van der Waals surface area contributed by atoms with Crippen LogP contribution in [0.4, 0.5) is 0 Å². The molecule has 0 N–H and O–H groups in total. The maximum atomic E-state index is 2.36. The Labute approximate surface area is 74.6 Å². The highest BCUT2D eigenvalue weighted by molar-refractivity contribution is 5.35. The van der Waals surface area contributed by atoms with E-state index in [1.54, 1.807) is 11.1 Å². The van der Waals surface area contributed by atoms with E-state index in [4.69, 9.17) is 0 Å². The van der Waals surface area contributed by atoms with Crippen LogP contribution < -0.4 is 0 Å². The first-order valence-corrected chi connectivity index (χ1v) is 4.90. The lowest BCUT2D eigenvalue weighted by molar-refractivity contribution is 0.468. The second-order valence-electron chi connectivity index (χ2n) is 3.86. The van der Waals surface area contributed by atoms with E-state index in [9.17, 15) is 0 Å². The zero-order valence-corrected chi connectivity index (χ0v) is 7.88. The molecule has 12 heavy (non-hydrogen) atoms. The Morgan fingerprint density at radius 3 is 2.75 bits per heavy atom. The van der Waals surface area contributed by atoms with E-state index >= 15 is 0 Å². The van der Waals surface area contributed by atoms with Crippen LogP contribution in [-0.2, 0) is 6.42 Å².